The highest BCUT2D eigenvalue weighted by molar-refractivity contribution is 5.91. The molecule has 20 heavy (non-hydrogen) atoms. The van der Waals surface area contributed by atoms with E-state index in [0.29, 0.717) is 0 Å². The summed E-state index contributed by atoms with van der Waals surface area (Å²) in [4.78, 5) is 12.2. The molecule has 104 valence electrons. The summed E-state index contributed by atoms with van der Waals surface area (Å²) in [7, 11) is 0. The Kier molecular flexibility index (Phi) is 3.95. The first-order chi connectivity index (χ1) is 9.48. The van der Waals surface area contributed by atoms with Crippen molar-refractivity contribution in [3.8, 4) is 0 Å². The van der Waals surface area contributed by atoms with E-state index < -0.39 is 23.0 Å². The van der Waals surface area contributed by atoms with Gasteiger partial charge in [0.05, 0.1) is 0 Å². The van der Waals surface area contributed by atoms with E-state index in [2.05, 4.69) is 0 Å². The average Bonchev–Trinajstić information content (AvgIpc) is 2.47. The molecule has 2 rings (SSSR count). The van der Waals surface area contributed by atoms with Crippen LogP contribution in [0.1, 0.15) is 24.5 Å². The van der Waals surface area contributed by atoms with Gasteiger partial charge >= 0.3 is 0 Å². The number of ketones is 1. The van der Waals surface area contributed by atoms with E-state index >= 15 is 0 Å². The van der Waals surface area contributed by atoms with Gasteiger partial charge in [0.15, 0.2) is 11.4 Å². The molecule has 0 aromatic heterocycles. The van der Waals surface area contributed by atoms with Gasteiger partial charge in [-0.2, -0.15) is 0 Å². The molecule has 0 saturated heterocycles. The summed E-state index contributed by atoms with van der Waals surface area (Å²) < 4.78 is 26.0. The van der Waals surface area contributed by atoms with Crippen LogP contribution in [0.3, 0.4) is 0 Å². The first-order valence-corrected chi connectivity index (χ1v) is 6.26. The van der Waals surface area contributed by atoms with E-state index in [1.165, 1.54) is 48.5 Å². The second kappa shape index (κ2) is 5.51. The lowest BCUT2D eigenvalue weighted by molar-refractivity contribution is -0.134. The molecule has 0 unspecified atom stereocenters. The van der Waals surface area contributed by atoms with Gasteiger partial charge < -0.3 is 5.11 Å². The van der Waals surface area contributed by atoms with Crippen LogP contribution in [0, 0.1) is 11.6 Å². The highest BCUT2D eigenvalue weighted by Gasteiger charge is 2.38. The van der Waals surface area contributed by atoms with Crippen LogP contribution in [0.15, 0.2) is 48.5 Å². The predicted octanol–water partition coefficient (Wildman–Crippen LogP) is 3.18. The smallest absolute Gasteiger partial charge is 0.173 e. The Balaban J connectivity index is 2.58. The number of halogens is 2. The molecule has 2 aromatic rings. The second-order valence-electron chi connectivity index (χ2n) is 4.50. The third-order valence-electron chi connectivity index (χ3n) is 3.25. The van der Waals surface area contributed by atoms with Crippen molar-refractivity contribution in [1.82, 2.24) is 0 Å². The maximum absolute atomic E-state index is 13.0. The lowest BCUT2D eigenvalue weighted by Gasteiger charge is -2.27. The number of benzene rings is 2. The Morgan fingerprint density at radius 3 is 1.60 bits per heavy atom. The number of carbonyl (C=O) groups excluding carboxylic acids is 1. The van der Waals surface area contributed by atoms with E-state index in [1.54, 1.807) is 6.92 Å². The van der Waals surface area contributed by atoms with E-state index in [1.807, 2.05) is 0 Å². The summed E-state index contributed by atoms with van der Waals surface area (Å²) in [6.07, 6.45) is 0.102. The minimum Gasteiger partial charge on any atom is -0.373 e. The number of carbonyl (C=O) groups is 1. The van der Waals surface area contributed by atoms with Gasteiger partial charge in [0, 0.05) is 6.42 Å². The Labute approximate surface area is 115 Å². The number of hydrogen-bond acceptors (Lipinski definition) is 2. The topological polar surface area (TPSA) is 37.3 Å². The highest BCUT2D eigenvalue weighted by atomic mass is 19.1. The number of hydrogen-bond donors (Lipinski definition) is 1. The molecule has 2 aromatic carbocycles. The van der Waals surface area contributed by atoms with Crippen LogP contribution in [0.5, 0.6) is 0 Å². The summed E-state index contributed by atoms with van der Waals surface area (Å²) in [6, 6.07) is 10.1. The highest BCUT2D eigenvalue weighted by Crippen LogP contribution is 2.32. The maximum Gasteiger partial charge on any atom is 0.173 e. The van der Waals surface area contributed by atoms with Gasteiger partial charge in [-0.15, -0.1) is 0 Å². The summed E-state index contributed by atoms with van der Waals surface area (Å²) in [5, 5.41) is 10.8. The van der Waals surface area contributed by atoms with Gasteiger partial charge in [0.25, 0.3) is 0 Å². The third-order valence-corrected chi connectivity index (χ3v) is 3.25. The van der Waals surface area contributed by atoms with Crippen molar-refractivity contribution in [2.75, 3.05) is 0 Å². The third kappa shape index (κ3) is 2.47. The number of Topliss-reactive ketones (excluding diaryl/α,β-unsaturated/α-hetero) is 1. The predicted molar refractivity (Wildman–Crippen MR) is 71.1 cm³/mol. The van der Waals surface area contributed by atoms with Crippen LogP contribution in [0.4, 0.5) is 8.78 Å². The number of rotatable bonds is 4. The van der Waals surface area contributed by atoms with Crippen molar-refractivity contribution in [2.24, 2.45) is 0 Å². The normalized spacial score (nSPS) is 11.4. The van der Waals surface area contributed by atoms with Gasteiger partial charge in [0.2, 0.25) is 0 Å². The first-order valence-electron chi connectivity index (χ1n) is 6.26. The first kappa shape index (κ1) is 14.3. The van der Waals surface area contributed by atoms with Gasteiger partial charge in [-0.1, -0.05) is 31.2 Å². The lowest BCUT2D eigenvalue weighted by Crippen LogP contribution is -2.36. The van der Waals surface area contributed by atoms with Gasteiger partial charge in [-0.25, -0.2) is 8.78 Å². The van der Waals surface area contributed by atoms with Crippen LogP contribution < -0.4 is 0 Å². The Morgan fingerprint density at radius 2 is 1.30 bits per heavy atom. The summed E-state index contributed by atoms with van der Waals surface area (Å²) in [5.74, 6) is -1.35. The molecule has 0 aliphatic carbocycles. The SMILES string of the molecule is CCC(=O)C(O)(c1ccc(F)cc1)c1ccc(F)cc1. The van der Waals surface area contributed by atoms with Gasteiger partial charge in [-0.3, -0.25) is 4.79 Å². The molecule has 0 amide bonds. The molecule has 4 heteroatoms. The molecular weight excluding hydrogens is 262 g/mol. The number of aliphatic hydroxyl groups is 1. The molecule has 2 nitrogen and oxygen atoms in total. The van der Waals surface area contributed by atoms with Crippen LogP contribution in [0.2, 0.25) is 0 Å². The summed E-state index contributed by atoms with van der Waals surface area (Å²) in [5.41, 5.74) is -1.37. The van der Waals surface area contributed by atoms with E-state index in [9.17, 15) is 18.7 Å². The molecule has 0 aliphatic rings. The monoisotopic (exact) mass is 276 g/mol. The van der Waals surface area contributed by atoms with Gasteiger partial charge in [0.1, 0.15) is 11.6 Å². The summed E-state index contributed by atoms with van der Waals surface area (Å²) in [6.45, 7) is 1.63. The van der Waals surface area contributed by atoms with Crippen molar-refractivity contribution in [2.45, 2.75) is 18.9 Å². The quantitative estimate of drug-likeness (QED) is 0.931. The van der Waals surface area contributed by atoms with E-state index in [0.717, 1.165) is 0 Å². The molecular formula is C16H14F2O2. The fraction of sp³-hybridized carbons (Fsp3) is 0.188. The van der Waals surface area contributed by atoms with E-state index in [4.69, 9.17) is 0 Å². The van der Waals surface area contributed by atoms with Crippen molar-refractivity contribution in [3.05, 3.63) is 71.3 Å². The molecule has 0 saturated carbocycles. The molecule has 0 atom stereocenters. The molecule has 0 radical (unpaired) electrons. The Bertz CT molecular complexity index is 558. The molecule has 1 N–H and O–H groups in total. The fourth-order valence-corrected chi connectivity index (χ4v) is 2.13. The Hall–Kier alpha value is -2.07. The molecule has 0 fully saturated rings. The zero-order chi connectivity index (χ0) is 14.8. The molecule has 0 bridgehead atoms. The molecule has 0 spiro atoms. The lowest BCUT2D eigenvalue weighted by atomic mass is 9.82. The van der Waals surface area contributed by atoms with Gasteiger partial charge in [-0.05, 0) is 35.4 Å². The van der Waals surface area contributed by atoms with E-state index in [-0.39, 0.29) is 17.5 Å². The van der Waals surface area contributed by atoms with Crippen LogP contribution >= 0.6 is 0 Å². The van der Waals surface area contributed by atoms with Crippen molar-refractivity contribution >= 4 is 5.78 Å². The second-order valence-corrected chi connectivity index (χ2v) is 4.50. The molecule has 0 heterocycles. The average molecular weight is 276 g/mol. The minimum absolute atomic E-state index is 0.102. The van der Waals surface area contributed by atoms with Crippen molar-refractivity contribution in [1.29, 1.82) is 0 Å². The maximum atomic E-state index is 13.0. The standard InChI is InChI=1S/C16H14F2O2/c1-2-15(19)16(20,11-3-7-13(17)8-4-11)12-5-9-14(18)10-6-12/h3-10,20H,2H2,1H3. The Morgan fingerprint density at radius 1 is 0.950 bits per heavy atom. The van der Waals surface area contributed by atoms with Crippen molar-refractivity contribution < 1.29 is 18.7 Å². The zero-order valence-corrected chi connectivity index (χ0v) is 10.9. The zero-order valence-electron chi connectivity index (χ0n) is 10.9. The van der Waals surface area contributed by atoms with Crippen LogP contribution in [-0.2, 0) is 10.4 Å². The largest absolute Gasteiger partial charge is 0.373 e. The van der Waals surface area contributed by atoms with Crippen LogP contribution in [0.25, 0.3) is 0 Å². The minimum atomic E-state index is -1.89. The van der Waals surface area contributed by atoms with Crippen molar-refractivity contribution in [3.63, 3.8) is 0 Å². The molecule has 0 aliphatic heterocycles. The fourth-order valence-electron chi connectivity index (χ4n) is 2.13. The summed E-state index contributed by atoms with van der Waals surface area (Å²) >= 11 is 0. The van der Waals surface area contributed by atoms with Crippen LogP contribution in [-0.4, -0.2) is 10.9 Å².